The molecule has 3 rings (SSSR count). The van der Waals surface area contributed by atoms with Gasteiger partial charge in [-0.2, -0.15) is 0 Å². The van der Waals surface area contributed by atoms with E-state index < -0.39 is 0 Å². The molecule has 31 heavy (non-hydrogen) atoms. The predicted octanol–water partition coefficient (Wildman–Crippen LogP) is 4.77. The number of aromatic hydroxyl groups is 1. The Balaban J connectivity index is 1.88. The van der Waals surface area contributed by atoms with Gasteiger partial charge in [0.25, 0.3) is 0 Å². The summed E-state index contributed by atoms with van der Waals surface area (Å²) < 4.78 is 6.19. The van der Waals surface area contributed by atoms with Crippen LogP contribution in [0.25, 0.3) is 0 Å². The van der Waals surface area contributed by atoms with Crippen molar-refractivity contribution in [2.45, 2.75) is 84.1 Å². The summed E-state index contributed by atoms with van der Waals surface area (Å²) in [7, 11) is 0. The summed E-state index contributed by atoms with van der Waals surface area (Å²) >= 11 is 3.42. The van der Waals surface area contributed by atoms with E-state index >= 15 is 0 Å². The Morgan fingerprint density at radius 1 is 1.26 bits per heavy atom. The number of unbranched alkanes of at least 4 members (excludes halogenated alkanes) is 2. The van der Waals surface area contributed by atoms with Crippen LogP contribution in [0.5, 0.6) is 5.75 Å². The number of nitrogens with one attached hydrogen (secondary N) is 2. The van der Waals surface area contributed by atoms with E-state index in [1.54, 1.807) is 6.07 Å². The summed E-state index contributed by atoms with van der Waals surface area (Å²) in [5, 5.41) is 17.3. The second kappa shape index (κ2) is 11.9. The van der Waals surface area contributed by atoms with Crippen LogP contribution in [0.3, 0.4) is 0 Å². The molecular formula is C24H36BrN3O3. The largest absolute Gasteiger partial charge is 0.507 e. The van der Waals surface area contributed by atoms with Gasteiger partial charge in [-0.25, -0.2) is 0 Å². The molecule has 3 N–H and O–H groups in total. The normalized spacial score (nSPS) is 19.7. The summed E-state index contributed by atoms with van der Waals surface area (Å²) in [6.45, 7) is 6.43. The fourth-order valence-corrected chi connectivity index (χ4v) is 4.60. The third-order valence-corrected chi connectivity index (χ3v) is 6.61. The van der Waals surface area contributed by atoms with Gasteiger partial charge < -0.3 is 20.1 Å². The fraction of sp³-hybridized carbons (Fsp3) is 0.625. The Hall–Kier alpha value is -1.57. The first-order valence-corrected chi connectivity index (χ1v) is 12.4. The minimum absolute atomic E-state index is 0.122. The topological polar surface area (TPSA) is 73.8 Å². The quantitative estimate of drug-likeness (QED) is 0.412. The highest BCUT2D eigenvalue weighted by atomic mass is 79.9. The minimum Gasteiger partial charge on any atom is -0.507 e. The first-order chi connectivity index (χ1) is 15.0. The van der Waals surface area contributed by atoms with E-state index in [9.17, 15) is 9.90 Å². The molecule has 1 aromatic carbocycles. The van der Waals surface area contributed by atoms with Gasteiger partial charge >= 0.3 is 0 Å². The van der Waals surface area contributed by atoms with Gasteiger partial charge in [0.2, 0.25) is 0 Å². The third-order valence-electron chi connectivity index (χ3n) is 5.98. The van der Waals surface area contributed by atoms with Gasteiger partial charge in [0, 0.05) is 37.9 Å². The van der Waals surface area contributed by atoms with Gasteiger partial charge in [-0.3, -0.25) is 10.1 Å². The molecule has 1 fully saturated rings. The lowest BCUT2D eigenvalue weighted by Gasteiger charge is -2.34. The number of carbonyl (C=O) groups is 1. The molecule has 1 aromatic rings. The molecule has 1 unspecified atom stereocenters. The molecule has 0 amide bonds. The van der Waals surface area contributed by atoms with Crippen molar-refractivity contribution in [2.75, 3.05) is 13.2 Å². The molecular weight excluding hydrogens is 458 g/mol. The van der Waals surface area contributed by atoms with Crippen molar-refractivity contribution in [3.63, 3.8) is 0 Å². The van der Waals surface area contributed by atoms with Gasteiger partial charge in [0.1, 0.15) is 11.4 Å². The molecule has 7 heteroatoms. The lowest BCUT2D eigenvalue weighted by Crippen LogP contribution is -2.54. The van der Waals surface area contributed by atoms with Crippen molar-refractivity contribution < 1.29 is 14.6 Å². The van der Waals surface area contributed by atoms with E-state index in [1.165, 1.54) is 0 Å². The maximum atomic E-state index is 13.3. The number of allylic oxidation sites excluding steroid dienone is 2. The standard InChI is InChI=1S/C24H36BrN3O3/c1-3-5-7-20-23(22(30)8-6-4-2)28(16-17-9-10-21(29)19(25)15-17)24(27-20)26-18-11-13-31-14-12-18/h9-10,15,18,24,26-27,29H,3-8,11-14,16H2,1-2H3. The van der Waals surface area contributed by atoms with Crippen LogP contribution < -0.4 is 10.6 Å². The molecule has 1 saturated heterocycles. The van der Waals surface area contributed by atoms with Crippen LogP contribution in [-0.2, 0) is 16.1 Å². The van der Waals surface area contributed by atoms with E-state index in [-0.39, 0.29) is 17.8 Å². The van der Waals surface area contributed by atoms with Crippen LogP contribution in [0.2, 0.25) is 0 Å². The first kappa shape index (κ1) is 24.1. The van der Waals surface area contributed by atoms with Crippen molar-refractivity contribution in [1.82, 2.24) is 15.5 Å². The lowest BCUT2D eigenvalue weighted by molar-refractivity contribution is -0.117. The number of phenols is 1. The van der Waals surface area contributed by atoms with Crippen molar-refractivity contribution in [3.8, 4) is 5.75 Å². The number of Topliss-reactive ketones (excluding diaryl/α,β-unsaturated/α-hetero) is 1. The molecule has 0 saturated carbocycles. The summed E-state index contributed by atoms with van der Waals surface area (Å²) in [6.07, 6.45) is 7.32. The van der Waals surface area contributed by atoms with Crippen molar-refractivity contribution in [3.05, 3.63) is 39.6 Å². The van der Waals surface area contributed by atoms with Crippen molar-refractivity contribution >= 4 is 21.7 Å². The predicted molar refractivity (Wildman–Crippen MR) is 126 cm³/mol. The molecule has 0 spiro atoms. The zero-order valence-corrected chi connectivity index (χ0v) is 20.3. The van der Waals surface area contributed by atoms with Gasteiger partial charge in [-0.1, -0.05) is 32.8 Å². The van der Waals surface area contributed by atoms with E-state index in [1.807, 2.05) is 12.1 Å². The zero-order valence-electron chi connectivity index (χ0n) is 18.8. The lowest BCUT2D eigenvalue weighted by atomic mass is 10.1. The molecule has 172 valence electrons. The zero-order chi connectivity index (χ0) is 22.2. The Bertz CT molecular complexity index is 777. The van der Waals surface area contributed by atoms with Crippen LogP contribution >= 0.6 is 15.9 Å². The Labute approximate surface area is 194 Å². The molecule has 0 aliphatic carbocycles. The monoisotopic (exact) mass is 493 g/mol. The maximum absolute atomic E-state index is 13.3. The Morgan fingerprint density at radius 3 is 2.68 bits per heavy atom. The van der Waals surface area contributed by atoms with E-state index in [4.69, 9.17) is 4.74 Å². The van der Waals surface area contributed by atoms with Gasteiger partial charge in [0.05, 0.1) is 4.47 Å². The van der Waals surface area contributed by atoms with E-state index in [0.717, 1.165) is 75.1 Å². The maximum Gasteiger partial charge on any atom is 0.180 e. The molecule has 2 heterocycles. The number of phenolic OH excluding ortho intramolecular Hbond substituents is 1. The summed E-state index contributed by atoms with van der Waals surface area (Å²) in [6, 6.07) is 5.91. The van der Waals surface area contributed by atoms with Crippen LogP contribution in [0, 0.1) is 0 Å². The smallest absolute Gasteiger partial charge is 0.180 e. The Kier molecular flexibility index (Phi) is 9.23. The van der Waals surface area contributed by atoms with Crippen molar-refractivity contribution in [1.29, 1.82) is 0 Å². The molecule has 2 aliphatic heterocycles. The second-order valence-corrected chi connectivity index (χ2v) is 9.33. The highest BCUT2D eigenvalue weighted by molar-refractivity contribution is 9.10. The molecule has 2 aliphatic rings. The number of ether oxygens (including phenoxy) is 1. The number of benzene rings is 1. The molecule has 1 atom stereocenters. The number of carbonyl (C=O) groups excluding carboxylic acids is 1. The highest BCUT2D eigenvalue weighted by Crippen LogP contribution is 2.30. The molecule has 0 aromatic heterocycles. The highest BCUT2D eigenvalue weighted by Gasteiger charge is 2.35. The average molecular weight is 494 g/mol. The van der Waals surface area contributed by atoms with Crippen LogP contribution in [0.4, 0.5) is 0 Å². The second-order valence-electron chi connectivity index (χ2n) is 8.47. The SMILES string of the molecule is CCCCC(=O)C1=C(CCCC)NC(NC2CCOCC2)N1Cc1ccc(O)c(Br)c1. The molecule has 0 radical (unpaired) electrons. The average Bonchev–Trinajstić information content (AvgIpc) is 3.10. The molecule has 6 nitrogen and oxygen atoms in total. The number of hydrogen-bond donors (Lipinski definition) is 3. The van der Waals surface area contributed by atoms with Gasteiger partial charge in [-0.05, 0) is 65.7 Å². The van der Waals surface area contributed by atoms with Crippen LogP contribution in [0.15, 0.2) is 34.1 Å². The van der Waals surface area contributed by atoms with E-state index in [0.29, 0.717) is 23.5 Å². The summed E-state index contributed by atoms with van der Waals surface area (Å²) in [5.41, 5.74) is 2.93. The van der Waals surface area contributed by atoms with Gasteiger partial charge in [-0.15, -0.1) is 0 Å². The fourth-order valence-electron chi connectivity index (χ4n) is 4.18. The molecule has 0 bridgehead atoms. The number of hydrogen-bond acceptors (Lipinski definition) is 6. The number of nitrogens with zero attached hydrogens (tertiary/aromatic N) is 1. The number of halogens is 1. The summed E-state index contributed by atoms with van der Waals surface area (Å²) in [5.74, 6) is 0.438. The Morgan fingerprint density at radius 2 is 2.00 bits per heavy atom. The third kappa shape index (κ3) is 6.46. The summed E-state index contributed by atoms with van der Waals surface area (Å²) in [4.78, 5) is 15.5. The number of ketones is 1. The van der Waals surface area contributed by atoms with Crippen LogP contribution in [-0.4, -0.2) is 41.3 Å². The number of rotatable bonds is 11. The van der Waals surface area contributed by atoms with Crippen molar-refractivity contribution in [2.24, 2.45) is 0 Å². The first-order valence-electron chi connectivity index (χ1n) is 11.6. The van der Waals surface area contributed by atoms with E-state index in [2.05, 4.69) is 45.3 Å². The van der Waals surface area contributed by atoms with Crippen LogP contribution in [0.1, 0.15) is 70.8 Å². The minimum atomic E-state index is -0.122. The van der Waals surface area contributed by atoms with Gasteiger partial charge in [0.15, 0.2) is 12.1 Å².